The van der Waals surface area contributed by atoms with Crippen LogP contribution >= 0.6 is 0 Å². The molecule has 3 N–H and O–H groups in total. The highest BCUT2D eigenvalue weighted by atomic mass is 19.3. The summed E-state index contributed by atoms with van der Waals surface area (Å²) in [5.41, 5.74) is 5.18. The first-order chi connectivity index (χ1) is 7.00. The highest BCUT2D eigenvalue weighted by Crippen LogP contribution is 2.16. The fraction of sp³-hybridized carbons (Fsp3) is 0.375. The number of nitrogens with two attached hydrogens (primary N) is 1. The number of carbonyl (C=O) groups is 1. The monoisotopic (exact) mass is 217 g/mol. The van der Waals surface area contributed by atoms with Crippen LogP contribution in [0, 0.1) is 0 Å². The van der Waals surface area contributed by atoms with Gasteiger partial charge in [0.05, 0.1) is 30.6 Å². The van der Waals surface area contributed by atoms with Gasteiger partial charge in [0.1, 0.15) is 5.69 Å². The van der Waals surface area contributed by atoms with E-state index in [9.17, 15) is 13.6 Å². The molecule has 0 aliphatic carbocycles. The Morgan fingerprint density at radius 3 is 2.33 bits per heavy atom. The average Bonchev–Trinajstić information content (AvgIpc) is 2.17. The number of alkyl halides is 2. The van der Waals surface area contributed by atoms with Gasteiger partial charge in [0.15, 0.2) is 0 Å². The van der Waals surface area contributed by atoms with Gasteiger partial charge in [-0.1, -0.05) is 0 Å². The van der Waals surface area contributed by atoms with Crippen LogP contribution in [0.15, 0.2) is 12.4 Å². The molecule has 0 bridgehead atoms. The zero-order valence-corrected chi connectivity index (χ0v) is 7.60. The molecular formula is C8H9F2N3O2. The number of carboxylic acid groups (broad SMARTS) is 1. The average molecular weight is 217 g/mol. The van der Waals surface area contributed by atoms with Gasteiger partial charge in [-0.3, -0.25) is 14.8 Å². The van der Waals surface area contributed by atoms with Crippen LogP contribution in [-0.4, -0.2) is 21.0 Å². The number of carboxylic acids is 1. The van der Waals surface area contributed by atoms with Gasteiger partial charge in [-0.25, -0.2) is 8.78 Å². The van der Waals surface area contributed by atoms with E-state index < -0.39 is 24.1 Å². The van der Waals surface area contributed by atoms with Gasteiger partial charge in [-0.05, 0) is 0 Å². The van der Waals surface area contributed by atoms with E-state index in [4.69, 9.17) is 10.8 Å². The van der Waals surface area contributed by atoms with Crippen LogP contribution < -0.4 is 5.73 Å². The Hall–Kier alpha value is -1.63. The quantitative estimate of drug-likeness (QED) is 0.781. The zero-order valence-electron chi connectivity index (χ0n) is 7.60. The van der Waals surface area contributed by atoms with Gasteiger partial charge in [0.25, 0.3) is 6.43 Å². The summed E-state index contributed by atoms with van der Waals surface area (Å²) in [6, 6.07) is -0.832. The van der Waals surface area contributed by atoms with E-state index >= 15 is 0 Å². The summed E-state index contributed by atoms with van der Waals surface area (Å²) in [6.07, 6.45) is -1.05. The molecule has 1 aromatic rings. The highest BCUT2D eigenvalue weighted by molar-refractivity contribution is 5.67. The topological polar surface area (TPSA) is 89.1 Å². The van der Waals surface area contributed by atoms with Crippen LogP contribution in [0.5, 0.6) is 0 Å². The lowest BCUT2D eigenvalue weighted by Crippen LogP contribution is -2.16. The van der Waals surface area contributed by atoms with Crippen molar-refractivity contribution in [2.45, 2.75) is 18.9 Å². The molecule has 0 aromatic carbocycles. The molecule has 0 radical (unpaired) electrons. The van der Waals surface area contributed by atoms with Crippen molar-refractivity contribution in [1.29, 1.82) is 0 Å². The van der Waals surface area contributed by atoms with Crippen LogP contribution in [-0.2, 0) is 4.79 Å². The largest absolute Gasteiger partial charge is 0.481 e. The predicted octanol–water partition coefficient (Wildman–Crippen LogP) is 0.889. The lowest BCUT2D eigenvalue weighted by molar-refractivity contribution is -0.137. The molecule has 1 heterocycles. The fourth-order valence-corrected chi connectivity index (χ4v) is 0.945. The summed E-state index contributed by atoms with van der Waals surface area (Å²) in [7, 11) is 0. The van der Waals surface area contributed by atoms with Crippen molar-refractivity contribution in [3.05, 3.63) is 23.8 Å². The van der Waals surface area contributed by atoms with Crippen molar-refractivity contribution in [2.24, 2.45) is 5.73 Å². The third kappa shape index (κ3) is 3.21. The van der Waals surface area contributed by atoms with Crippen molar-refractivity contribution in [3.63, 3.8) is 0 Å². The van der Waals surface area contributed by atoms with Crippen molar-refractivity contribution < 1.29 is 18.7 Å². The number of aliphatic carboxylic acids is 1. The van der Waals surface area contributed by atoms with E-state index in [2.05, 4.69) is 9.97 Å². The fourth-order valence-electron chi connectivity index (χ4n) is 0.945. The van der Waals surface area contributed by atoms with E-state index in [1.807, 2.05) is 0 Å². The Bertz CT molecular complexity index is 342. The molecule has 0 saturated heterocycles. The van der Waals surface area contributed by atoms with Gasteiger partial charge in [0.2, 0.25) is 0 Å². The lowest BCUT2D eigenvalue weighted by Gasteiger charge is -2.07. The van der Waals surface area contributed by atoms with Crippen LogP contribution in [0.3, 0.4) is 0 Å². The van der Waals surface area contributed by atoms with Gasteiger partial charge < -0.3 is 10.8 Å². The molecule has 1 atom stereocenters. The summed E-state index contributed by atoms with van der Waals surface area (Å²) in [4.78, 5) is 17.4. The van der Waals surface area contributed by atoms with Crippen molar-refractivity contribution >= 4 is 5.97 Å². The first kappa shape index (κ1) is 11.4. The Morgan fingerprint density at radius 2 is 1.93 bits per heavy atom. The molecule has 15 heavy (non-hydrogen) atoms. The second kappa shape index (κ2) is 4.74. The second-order valence-corrected chi connectivity index (χ2v) is 2.87. The first-order valence-corrected chi connectivity index (χ1v) is 4.08. The summed E-state index contributed by atoms with van der Waals surface area (Å²) < 4.78 is 24.2. The van der Waals surface area contributed by atoms with Gasteiger partial charge in [0, 0.05) is 0 Å². The van der Waals surface area contributed by atoms with Crippen molar-refractivity contribution in [3.8, 4) is 0 Å². The molecule has 1 unspecified atom stereocenters. The summed E-state index contributed by atoms with van der Waals surface area (Å²) >= 11 is 0. The smallest absolute Gasteiger partial charge is 0.305 e. The number of nitrogens with zero attached hydrogens (tertiary/aromatic N) is 2. The molecule has 0 aliphatic rings. The molecule has 1 aromatic heterocycles. The minimum absolute atomic E-state index is 0.182. The minimum Gasteiger partial charge on any atom is -0.481 e. The summed E-state index contributed by atoms with van der Waals surface area (Å²) in [6.45, 7) is 0. The molecule has 0 saturated carbocycles. The number of hydrogen-bond acceptors (Lipinski definition) is 4. The van der Waals surface area contributed by atoms with Crippen LogP contribution in [0.2, 0.25) is 0 Å². The van der Waals surface area contributed by atoms with Gasteiger partial charge >= 0.3 is 5.97 Å². The van der Waals surface area contributed by atoms with E-state index in [1.54, 1.807) is 0 Å². The number of aromatic nitrogens is 2. The summed E-state index contributed by atoms with van der Waals surface area (Å²) in [5, 5.41) is 8.44. The maximum atomic E-state index is 12.1. The van der Waals surface area contributed by atoms with Gasteiger partial charge in [-0.2, -0.15) is 0 Å². The molecule has 5 nitrogen and oxygen atoms in total. The van der Waals surface area contributed by atoms with Gasteiger partial charge in [-0.15, -0.1) is 0 Å². The summed E-state index contributed by atoms with van der Waals surface area (Å²) in [5.74, 6) is -1.08. The lowest BCUT2D eigenvalue weighted by atomic mass is 10.1. The van der Waals surface area contributed by atoms with Crippen molar-refractivity contribution in [2.75, 3.05) is 0 Å². The van der Waals surface area contributed by atoms with Crippen LogP contribution in [0.1, 0.15) is 30.3 Å². The molecule has 7 heteroatoms. The Kier molecular flexibility index (Phi) is 3.62. The SMILES string of the molecule is NC(CC(=O)O)c1cnc(C(F)F)cn1. The molecular weight excluding hydrogens is 208 g/mol. The third-order valence-electron chi connectivity index (χ3n) is 1.69. The standard InChI is InChI=1S/C8H9F2N3O2/c9-8(10)6-3-12-5(2-13-6)4(11)1-7(14)15/h2-4,8H,1,11H2,(H,14,15). The Morgan fingerprint density at radius 1 is 1.40 bits per heavy atom. The maximum absolute atomic E-state index is 12.1. The van der Waals surface area contributed by atoms with Crippen molar-refractivity contribution in [1.82, 2.24) is 9.97 Å². The Labute approximate surface area is 84.0 Å². The zero-order chi connectivity index (χ0) is 11.4. The molecule has 0 fully saturated rings. The number of rotatable bonds is 4. The van der Waals surface area contributed by atoms with E-state index in [0.29, 0.717) is 0 Å². The highest BCUT2D eigenvalue weighted by Gasteiger charge is 2.14. The maximum Gasteiger partial charge on any atom is 0.305 e. The van der Waals surface area contributed by atoms with E-state index in [0.717, 1.165) is 12.4 Å². The number of hydrogen-bond donors (Lipinski definition) is 2. The Balaban J connectivity index is 2.75. The third-order valence-corrected chi connectivity index (χ3v) is 1.69. The van der Waals surface area contributed by atoms with E-state index in [1.165, 1.54) is 0 Å². The normalized spacial score (nSPS) is 12.8. The first-order valence-electron chi connectivity index (χ1n) is 4.08. The molecule has 82 valence electrons. The molecule has 0 spiro atoms. The molecule has 1 rings (SSSR count). The molecule has 0 aliphatic heterocycles. The number of halogens is 2. The van der Waals surface area contributed by atoms with Crippen LogP contribution in [0.4, 0.5) is 8.78 Å². The second-order valence-electron chi connectivity index (χ2n) is 2.87. The predicted molar refractivity (Wildman–Crippen MR) is 46.2 cm³/mol. The molecule has 0 amide bonds. The van der Waals surface area contributed by atoms with E-state index in [-0.39, 0.29) is 12.1 Å². The minimum atomic E-state index is -2.69. The van der Waals surface area contributed by atoms with Crippen LogP contribution in [0.25, 0.3) is 0 Å².